The highest BCUT2D eigenvalue weighted by molar-refractivity contribution is 6.08. The molecule has 0 saturated carbocycles. The minimum absolute atomic E-state index is 0.00753. The molecule has 0 radical (unpaired) electrons. The number of anilines is 2. The highest BCUT2D eigenvalue weighted by Crippen LogP contribution is 2.29. The molecule has 1 fully saturated rings. The quantitative estimate of drug-likeness (QED) is 0.186. The molecule has 5 amide bonds. The maximum atomic E-state index is 13.4. The normalized spacial score (nSPS) is 14.4. The van der Waals surface area contributed by atoms with Gasteiger partial charge in [0.1, 0.15) is 11.7 Å². The fraction of sp³-hybridized carbons (Fsp3) is 0.441. The molecule has 15 heteroatoms. The van der Waals surface area contributed by atoms with Gasteiger partial charge < -0.3 is 42.0 Å². The molecule has 4 rings (SSSR count). The standard InChI is InChI=1S/C34H45N9O6/c1-3-13-43(14-4-17-49-34(36)48)33(47)26-18-24-5-6-25(19-28(24)41-29(35)20-26)32(46)40-27-7-8-30(39-21-27)42-15-9-23(10-16-42)31(45)38-12-11-37-22(2)44/h5-8,18-19,21,23H,3-4,9-17,20H2,1-2H3,(H2,35,41)(H2,36,48)(H,37,44)(H,38,45)(H,40,46). The Balaban J connectivity index is 1.34. The number of aliphatic imine (C=N–C) groups is 1. The van der Waals surface area contributed by atoms with Crippen molar-refractivity contribution in [1.29, 1.82) is 0 Å². The first-order valence-corrected chi connectivity index (χ1v) is 16.5. The maximum Gasteiger partial charge on any atom is 0.404 e. The molecular formula is C34H45N9O6. The third-order valence-electron chi connectivity index (χ3n) is 8.12. The summed E-state index contributed by atoms with van der Waals surface area (Å²) in [4.78, 5) is 73.7. The zero-order valence-electron chi connectivity index (χ0n) is 28.0. The second kappa shape index (κ2) is 17.6. The van der Waals surface area contributed by atoms with Crippen LogP contribution in [0, 0.1) is 5.92 Å². The molecule has 2 aliphatic rings. The lowest BCUT2D eigenvalue weighted by molar-refractivity contribution is -0.127. The summed E-state index contributed by atoms with van der Waals surface area (Å²) >= 11 is 0. The topological polar surface area (TPSA) is 214 Å². The number of fused-ring (bicyclic) bond motifs is 1. The van der Waals surface area contributed by atoms with E-state index in [0.29, 0.717) is 86.6 Å². The molecule has 1 aromatic carbocycles. The maximum absolute atomic E-state index is 13.4. The van der Waals surface area contributed by atoms with E-state index in [9.17, 15) is 24.0 Å². The lowest BCUT2D eigenvalue weighted by Gasteiger charge is -2.32. The van der Waals surface area contributed by atoms with Gasteiger partial charge in [0.25, 0.3) is 5.91 Å². The van der Waals surface area contributed by atoms with Crippen LogP contribution in [0.25, 0.3) is 6.08 Å². The number of benzene rings is 1. The number of carbonyl (C=O) groups is 5. The number of nitrogens with one attached hydrogen (secondary N) is 3. The van der Waals surface area contributed by atoms with Crippen LogP contribution in [-0.4, -0.2) is 91.3 Å². The van der Waals surface area contributed by atoms with Crippen molar-refractivity contribution >= 4 is 58.8 Å². The minimum Gasteiger partial charge on any atom is -0.450 e. The summed E-state index contributed by atoms with van der Waals surface area (Å²) in [5.74, 6) is 0.237. The average molecular weight is 676 g/mol. The van der Waals surface area contributed by atoms with Crippen molar-refractivity contribution in [3.8, 4) is 0 Å². The lowest BCUT2D eigenvalue weighted by Crippen LogP contribution is -2.42. The Kier molecular flexibility index (Phi) is 13.1. The third-order valence-corrected chi connectivity index (χ3v) is 8.12. The van der Waals surface area contributed by atoms with Crippen LogP contribution in [0.1, 0.15) is 61.9 Å². The van der Waals surface area contributed by atoms with Crippen molar-refractivity contribution in [3.63, 3.8) is 0 Å². The number of nitrogens with two attached hydrogens (primary N) is 2. The van der Waals surface area contributed by atoms with E-state index in [0.717, 1.165) is 12.2 Å². The first-order chi connectivity index (χ1) is 23.5. The van der Waals surface area contributed by atoms with E-state index in [-0.39, 0.29) is 48.4 Å². The Morgan fingerprint density at radius 1 is 1.04 bits per heavy atom. The van der Waals surface area contributed by atoms with E-state index >= 15 is 0 Å². The molecule has 2 aliphatic heterocycles. The van der Waals surface area contributed by atoms with E-state index in [2.05, 4.69) is 30.8 Å². The van der Waals surface area contributed by atoms with Crippen molar-refractivity contribution in [1.82, 2.24) is 20.5 Å². The number of aromatic nitrogens is 1. The largest absolute Gasteiger partial charge is 0.450 e. The number of amides is 5. The number of nitrogens with zero attached hydrogens (tertiary/aromatic N) is 4. The van der Waals surface area contributed by atoms with Gasteiger partial charge in [0.05, 0.1) is 24.2 Å². The number of piperidine rings is 1. The Bertz CT molecular complexity index is 1580. The van der Waals surface area contributed by atoms with Crippen LogP contribution in [0.5, 0.6) is 0 Å². The lowest BCUT2D eigenvalue weighted by atomic mass is 9.96. The van der Waals surface area contributed by atoms with Crippen LogP contribution >= 0.6 is 0 Å². The van der Waals surface area contributed by atoms with Crippen LogP contribution in [0.15, 0.2) is 47.1 Å². The summed E-state index contributed by atoms with van der Waals surface area (Å²) in [6.07, 6.45) is 5.20. The van der Waals surface area contributed by atoms with E-state index in [1.807, 2.05) is 13.0 Å². The molecule has 1 saturated heterocycles. The molecule has 262 valence electrons. The summed E-state index contributed by atoms with van der Waals surface area (Å²) in [5.41, 5.74) is 13.7. The van der Waals surface area contributed by atoms with Crippen molar-refractivity contribution in [3.05, 3.63) is 53.2 Å². The van der Waals surface area contributed by atoms with Crippen LogP contribution in [0.2, 0.25) is 0 Å². The highest BCUT2D eigenvalue weighted by Gasteiger charge is 2.26. The molecule has 7 N–H and O–H groups in total. The van der Waals surface area contributed by atoms with E-state index in [1.54, 1.807) is 41.4 Å². The summed E-state index contributed by atoms with van der Waals surface area (Å²) < 4.78 is 4.79. The Hall–Kier alpha value is -5.47. The number of hydrogen-bond donors (Lipinski definition) is 5. The smallest absolute Gasteiger partial charge is 0.404 e. The molecule has 0 bridgehead atoms. The molecule has 0 unspecified atom stereocenters. The van der Waals surface area contributed by atoms with Crippen molar-refractivity contribution in [2.24, 2.45) is 22.4 Å². The van der Waals surface area contributed by atoms with Crippen molar-refractivity contribution in [2.75, 3.05) is 56.1 Å². The minimum atomic E-state index is -0.854. The van der Waals surface area contributed by atoms with Crippen LogP contribution in [0.4, 0.5) is 22.0 Å². The summed E-state index contributed by atoms with van der Waals surface area (Å²) in [6, 6.07) is 8.65. The molecule has 2 aromatic rings. The fourth-order valence-corrected chi connectivity index (χ4v) is 5.67. The van der Waals surface area contributed by atoms with E-state index < -0.39 is 6.09 Å². The van der Waals surface area contributed by atoms with Gasteiger partial charge in [-0.2, -0.15) is 0 Å². The number of primary amides is 1. The molecule has 1 aromatic heterocycles. The number of ether oxygens (including phenoxy) is 1. The van der Waals surface area contributed by atoms with Crippen LogP contribution < -0.4 is 32.3 Å². The number of amidine groups is 1. The monoisotopic (exact) mass is 675 g/mol. The zero-order chi connectivity index (χ0) is 35.3. The Labute approximate surface area is 285 Å². The van der Waals surface area contributed by atoms with Crippen molar-refractivity contribution in [2.45, 2.75) is 46.0 Å². The summed E-state index contributed by atoms with van der Waals surface area (Å²) in [5, 5.41) is 8.40. The van der Waals surface area contributed by atoms with Gasteiger partial charge in [0.2, 0.25) is 17.7 Å². The molecule has 3 heterocycles. The number of rotatable bonds is 14. The molecule has 0 spiro atoms. The number of pyridine rings is 1. The highest BCUT2D eigenvalue weighted by atomic mass is 16.5. The number of carbonyl (C=O) groups excluding carboxylic acids is 5. The van der Waals surface area contributed by atoms with E-state index in [4.69, 9.17) is 16.2 Å². The first kappa shape index (κ1) is 36.4. The Morgan fingerprint density at radius 2 is 1.80 bits per heavy atom. The summed E-state index contributed by atoms with van der Waals surface area (Å²) in [7, 11) is 0. The second-order valence-electron chi connectivity index (χ2n) is 11.9. The van der Waals surface area contributed by atoms with Gasteiger partial charge >= 0.3 is 6.09 Å². The molecule has 49 heavy (non-hydrogen) atoms. The summed E-state index contributed by atoms with van der Waals surface area (Å²) in [6.45, 7) is 6.58. The van der Waals surface area contributed by atoms with Gasteiger partial charge in [-0.05, 0) is 56.0 Å². The van der Waals surface area contributed by atoms with Gasteiger partial charge in [-0.1, -0.05) is 13.0 Å². The zero-order valence-corrected chi connectivity index (χ0v) is 28.0. The van der Waals surface area contributed by atoms with Gasteiger partial charge in [-0.25, -0.2) is 14.8 Å². The predicted octanol–water partition coefficient (Wildman–Crippen LogP) is 2.30. The van der Waals surface area contributed by atoms with E-state index in [1.165, 1.54) is 6.92 Å². The molecular weight excluding hydrogens is 630 g/mol. The second-order valence-corrected chi connectivity index (χ2v) is 11.9. The van der Waals surface area contributed by atoms with Gasteiger partial charge in [0.15, 0.2) is 0 Å². The molecule has 15 nitrogen and oxygen atoms in total. The third kappa shape index (κ3) is 10.8. The Morgan fingerprint density at radius 3 is 2.47 bits per heavy atom. The van der Waals surface area contributed by atoms with Crippen LogP contribution in [-0.2, 0) is 19.1 Å². The first-order valence-electron chi connectivity index (χ1n) is 16.5. The van der Waals surface area contributed by atoms with Gasteiger partial charge in [0, 0.05) is 75.2 Å². The number of hydrogen-bond acceptors (Lipinski definition) is 10. The SMILES string of the molecule is CCCN(CCCOC(N)=O)C(=O)C1=Cc2ccc(C(=O)Nc3ccc(N4CCC(C(=O)NCCNC(C)=O)CC4)nc3)cc2N=C(N)C1. The molecule has 0 atom stereocenters. The predicted molar refractivity (Wildman–Crippen MR) is 186 cm³/mol. The van der Waals surface area contributed by atoms with Gasteiger partial charge in [-0.3, -0.25) is 19.2 Å². The average Bonchev–Trinajstić information content (AvgIpc) is 3.25. The van der Waals surface area contributed by atoms with Gasteiger partial charge in [-0.15, -0.1) is 0 Å². The van der Waals surface area contributed by atoms with Crippen molar-refractivity contribution < 1.29 is 28.7 Å². The van der Waals surface area contributed by atoms with Crippen LogP contribution in [0.3, 0.4) is 0 Å². The molecule has 0 aliphatic carbocycles. The fourth-order valence-electron chi connectivity index (χ4n) is 5.67.